The van der Waals surface area contributed by atoms with Gasteiger partial charge in [-0.1, -0.05) is 13.8 Å². The monoisotopic (exact) mass is 344 g/mol. The van der Waals surface area contributed by atoms with Gasteiger partial charge in [-0.05, 0) is 25.4 Å². The van der Waals surface area contributed by atoms with E-state index in [1.807, 2.05) is 27.7 Å². The van der Waals surface area contributed by atoms with Gasteiger partial charge in [-0.2, -0.15) is 9.44 Å². The van der Waals surface area contributed by atoms with Crippen molar-refractivity contribution >= 4 is 17.6 Å². The van der Waals surface area contributed by atoms with Gasteiger partial charge >= 0.3 is 6.03 Å². The summed E-state index contributed by atoms with van der Waals surface area (Å²) in [5.74, 6) is 0. The average Bonchev–Trinajstić information content (AvgIpc) is 2.84. The molecular formula is C11H17N3O2SY. The molecule has 5 nitrogen and oxygen atoms in total. The minimum absolute atomic E-state index is 0. The van der Waals surface area contributed by atoms with Crippen LogP contribution in [0.4, 0.5) is 4.79 Å². The van der Waals surface area contributed by atoms with Crippen LogP contribution in [-0.4, -0.2) is 32.1 Å². The number of hydrogen-bond donors (Lipinski definition) is 1. The van der Waals surface area contributed by atoms with Gasteiger partial charge in [-0.3, -0.25) is 5.21 Å². The van der Waals surface area contributed by atoms with Crippen LogP contribution in [0.15, 0.2) is 0 Å². The Bertz CT molecular complexity index is 451. The molecule has 97 valence electrons. The van der Waals surface area contributed by atoms with E-state index in [1.54, 1.807) is 4.90 Å². The Hall–Kier alpha value is -0.0361. The summed E-state index contributed by atoms with van der Waals surface area (Å²) in [4.78, 5) is 14.4. The Morgan fingerprint density at radius 3 is 2.67 bits per heavy atom. The maximum Gasteiger partial charge on any atom is 0.345 e. The third kappa shape index (κ3) is 2.13. The van der Waals surface area contributed by atoms with Gasteiger partial charge < -0.3 is 4.90 Å². The minimum atomic E-state index is -0.296. The predicted molar refractivity (Wildman–Crippen MR) is 65.1 cm³/mol. The molecule has 2 unspecified atom stereocenters. The van der Waals surface area contributed by atoms with Crippen molar-refractivity contribution in [1.82, 2.24) is 14.3 Å². The number of aromatic nitrogens is 1. The van der Waals surface area contributed by atoms with E-state index >= 15 is 0 Å². The SMILES string of the molecule is CC.Cc1nsc2c1C(C)N1CC2N(O)C1=O.[Y]. The van der Waals surface area contributed by atoms with E-state index in [0.717, 1.165) is 21.2 Å². The Morgan fingerprint density at radius 2 is 2.06 bits per heavy atom. The zero-order chi connectivity index (χ0) is 12.7. The first-order valence-electron chi connectivity index (χ1n) is 5.86. The van der Waals surface area contributed by atoms with Gasteiger partial charge in [-0.25, -0.2) is 4.79 Å². The molecule has 2 amide bonds. The molecule has 18 heavy (non-hydrogen) atoms. The molecule has 1 aromatic rings. The Kier molecular flexibility index (Phi) is 5.29. The van der Waals surface area contributed by atoms with Crippen LogP contribution in [0.1, 0.15) is 49.0 Å². The zero-order valence-corrected chi connectivity index (χ0v) is 14.7. The third-order valence-corrected chi connectivity index (χ3v) is 4.28. The molecule has 1 aromatic heterocycles. The number of hydrogen-bond acceptors (Lipinski definition) is 4. The number of rotatable bonds is 0. The summed E-state index contributed by atoms with van der Waals surface area (Å²) in [6.45, 7) is 8.50. The fraction of sp³-hybridized carbons (Fsp3) is 0.636. The summed E-state index contributed by atoms with van der Waals surface area (Å²) in [7, 11) is 0. The molecule has 3 rings (SSSR count). The molecule has 2 aliphatic rings. The standard InChI is InChI=1S/C9H11N3O2S.C2H6.Y/c1-4-7-5(2)11-3-6(8(7)15-10-4)12(14)9(11)13;1-2;/h5-6,14H,3H2,1-2H3;1-2H3;. The maximum absolute atomic E-state index is 11.7. The first-order valence-corrected chi connectivity index (χ1v) is 6.63. The van der Waals surface area contributed by atoms with Crippen LogP contribution in [-0.2, 0) is 32.7 Å². The number of aryl methyl sites for hydroxylation is 1. The van der Waals surface area contributed by atoms with E-state index in [-0.39, 0.29) is 50.8 Å². The average molecular weight is 344 g/mol. The van der Waals surface area contributed by atoms with E-state index in [0.29, 0.717) is 6.54 Å². The van der Waals surface area contributed by atoms with E-state index in [9.17, 15) is 10.0 Å². The first-order chi connectivity index (χ1) is 8.11. The Balaban J connectivity index is 0.000000516. The molecule has 1 fully saturated rings. The van der Waals surface area contributed by atoms with Gasteiger partial charge in [0.15, 0.2) is 0 Å². The number of urea groups is 1. The summed E-state index contributed by atoms with van der Waals surface area (Å²) in [5.41, 5.74) is 2.08. The van der Waals surface area contributed by atoms with Crippen molar-refractivity contribution in [3.05, 3.63) is 16.1 Å². The van der Waals surface area contributed by atoms with Crippen molar-refractivity contribution in [2.75, 3.05) is 6.54 Å². The number of amides is 2. The molecular weight excluding hydrogens is 327 g/mol. The second-order valence-electron chi connectivity index (χ2n) is 4.02. The van der Waals surface area contributed by atoms with Crippen molar-refractivity contribution in [3.63, 3.8) is 0 Å². The van der Waals surface area contributed by atoms with Gasteiger partial charge in [-0.15, -0.1) is 0 Å². The fourth-order valence-corrected chi connectivity index (χ4v) is 3.47. The molecule has 1 radical (unpaired) electrons. The largest absolute Gasteiger partial charge is 0.345 e. The van der Waals surface area contributed by atoms with Crippen LogP contribution in [0.3, 0.4) is 0 Å². The number of carbonyl (C=O) groups is 1. The molecule has 0 aliphatic carbocycles. The van der Waals surface area contributed by atoms with Crippen molar-refractivity contribution in [2.45, 2.75) is 39.8 Å². The summed E-state index contributed by atoms with van der Waals surface area (Å²) in [6.07, 6.45) is 0. The van der Waals surface area contributed by atoms with Crippen molar-refractivity contribution < 1.29 is 42.7 Å². The Labute approximate surface area is 136 Å². The van der Waals surface area contributed by atoms with E-state index in [1.165, 1.54) is 11.5 Å². The van der Waals surface area contributed by atoms with Gasteiger partial charge in [0.2, 0.25) is 0 Å². The molecule has 0 saturated carbocycles. The van der Waals surface area contributed by atoms with Gasteiger partial charge in [0.1, 0.15) is 6.04 Å². The van der Waals surface area contributed by atoms with E-state index in [4.69, 9.17) is 0 Å². The first kappa shape index (κ1) is 16.0. The summed E-state index contributed by atoms with van der Waals surface area (Å²) >= 11 is 1.39. The number of carbonyl (C=O) groups excluding carboxylic acids is 1. The molecule has 0 spiro atoms. The molecule has 3 heterocycles. The molecule has 7 heteroatoms. The van der Waals surface area contributed by atoms with Crippen LogP contribution in [0.25, 0.3) is 0 Å². The molecule has 2 bridgehead atoms. The van der Waals surface area contributed by atoms with Crippen LogP contribution in [0, 0.1) is 6.92 Å². The van der Waals surface area contributed by atoms with Gasteiger partial charge in [0.05, 0.1) is 23.2 Å². The van der Waals surface area contributed by atoms with Crippen LogP contribution in [0.2, 0.25) is 0 Å². The topological polar surface area (TPSA) is 56.7 Å². The second-order valence-corrected chi connectivity index (χ2v) is 4.82. The smallest absolute Gasteiger partial charge is 0.313 e. The van der Waals surface area contributed by atoms with Crippen molar-refractivity contribution in [3.8, 4) is 0 Å². The molecule has 2 atom stereocenters. The van der Waals surface area contributed by atoms with Crippen molar-refractivity contribution in [2.24, 2.45) is 0 Å². The van der Waals surface area contributed by atoms with Gasteiger partial charge in [0, 0.05) is 38.3 Å². The van der Waals surface area contributed by atoms with Gasteiger partial charge in [0.25, 0.3) is 0 Å². The summed E-state index contributed by atoms with van der Waals surface area (Å²) < 4.78 is 4.29. The zero-order valence-electron chi connectivity index (χ0n) is 11.0. The molecule has 1 saturated heterocycles. The normalized spacial score (nSPS) is 24.2. The van der Waals surface area contributed by atoms with E-state index < -0.39 is 0 Å². The quantitative estimate of drug-likeness (QED) is 0.737. The fourth-order valence-electron chi connectivity index (χ4n) is 2.42. The predicted octanol–water partition coefficient (Wildman–Crippen LogP) is 2.72. The van der Waals surface area contributed by atoms with E-state index in [2.05, 4.69) is 4.37 Å². The third-order valence-electron chi connectivity index (χ3n) is 3.23. The van der Waals surface area contributed by atoms with Crippen LogP contribution in [0.5, 0.6) is 0 Å². The molecule has 2 aliphatic heterocycles. The number of fused-ring (bicyclic) bond motifs is 4. The second kappa shape index (κ2) is 5.95. The Morgan fingerprint density at radius 1 is 1.44 bits per heavy atom. The maximum atomic E-state index is 11.7. The van der Waals surface area contributed by atoms with Crippen LogP contribution >= 0.6 is 11.5 Å². The summed E-state index contributed by atoms with van der Waals surface area (Å²) in [6, 6.07) is -0.482. The molecule has 1 N–H and O–H groups in total. The minimum Gasteiger partial charge on any atom is -0.313 e. The summed E-state index contributed by atoms with van der Waals surface area (Å²) in [5, 5.41) is 10.5. The number of nitrogens with zero attached hydrogens (tertiary/aromatic N) is 3. The molecule has 0 aromatic carbocycles. The van der Waals surface area contributed by atoms with Crippen molar-refractivity contribution in [1.29, 1.82) is 0 Å². The number of hydroxylamine groups is 2. The van der Waals surface area contributed by atoms with Crippen LogP contribution < -0.4 is 0 Å².